The summed E-state index contributed by atoms with van der Waals surface area (Å²) in [5, 5.41) is 3.42. The lowest BCUT2D eigenvalue weighted by Gasteiger charge is -2.24. The minimum Gasteiger partial charge on any atom is -0.310 e. The monoisotopic (exact) mass is 220 g/mol. The van der Waals surface area contributed by atoms with Crippen molar-refractivity contribution in [3.63, 3.8) is 0 Å². The fourth-order valence-corrected chi connectivity index (χ4v) is 1.82. The van der Waals surface area contributed by atoms with Crippen LogP contribution >= 0.6 is 0 Å². The van der Waals surface area contributed by atoms with Gasteiger partial charge >= 0.3 is 0 Å². The van der Waals surface area contributed by atoms with E-state index in [1.165, 1.54) is 12.8 Å². The van der Waals surface area contributed by atoms with Crippen LogP contribution in [-0.2, 0) is 6.54 Å². The average molecular weight is 220 g/mol. The molecule has 0 spiro atoms. The van der Waals surface area contributed by atoms with Crippen LogP contribution in [0.4, 0.5) is 0 Å². The van der Waals surface area contributed by atoms with Gasteiger partial charge in [0.05, 0.1) is 5.69 Å². The van der Waals surface area contributed by atoms with Crippen LogP contribution in [0.2, 0.25) is 0 Å². The Kier molecular flexibility index (Phi) is 3.85. The molecule has 1 saturated carbocycles. The molecular formula is C12H20N4. The number of nitrogens with one attached hydrogen (secondary N) is 1. The average Bonchev–Trinajstić information content (AvgIpc) is 3.13. The molecule has 0 saturated heterocycles. The molecule has 88 valence electrons. The second-order valence-corrected chi connectivity index (χ2v) is 4.57. The minimum absolute atomic E-state index is 0.587. The van der Waals surface area contributed by atoms with E-state index < -0.39 is 0 Å². The van der Waals surface area contributed by atoms with Gasteiger partial charge in [-0.2, -0.15) is 0 Å². The Bertz CT molecular complexity index is 310. The molecule has 0 aromatic carbocycles. The Morgan fingerprint density at radius 2 is 2.31 bits per heavy atom. The SMILES string of the molecule is CC(CNCc1cnccn1)N(C)C1CC1. The molecule has 1 atom stereocenters. The van der Waals surface area contributed by atoms with Crippen LogP contribution in [0.1, 0.15) is 25.5 Å². The van der Waals surface area contributed by atoms with Gasteiger partial charge in [0.2, 0.25) is 0 Å². The van der Waals surface area contributed by atoms with E-state index in [9.17, 15) is 0 Å². The van der Waals surface area contributed by atoms with Gasteiger partial charge in [-0.15, -0.1) is 0 Å². The summed E-state index contributed by atoms with van der Waals surface area (Å²) in [6, 6.07) is 1.41. The summed E-state index contributed by atoms with van der Waals surface area (Å²) >= 11 is 0. The van der Waals surface area contributed by atoms with Crippen LogP contribution in [0.3, 0.4) is 0 Å². The number of rotatable bonds is 6. The molecule has 0 amide bonds. The zero-order valence-electron chi connectivity index (χ0n) is 10.1. The summed E-state index contributed by atoms with van der Waals surface area (Å²) in [5.41, 5.74) is 1.00. The Morgan fingerprint density at radius 1 is 1.50 bits per heavy atom. The van der Waals surface area contributed by atoms with E-state index in [1.54, 1.807) is 12.4 Å². The summed E-state index contributed by atoms with van der Waals surface area (Å²) in [6.45, 7) is 4.07. The standard InChI is InChI=1S/C12H20N4/c1-10(16(2)12-3-4-12)7-14-9-11-8-13-5-6-15-11/h5-6,8,10,12,14H,3-4,7,9H2,1-2H3. The topological polar surface area (TPSA) is 41.1 Å². The smallest absolute Gasteiger partial charge is 0.0724 e. The Balaban J connectivity index is 1.67. The van der Waals surface area contributed by atoms with Crippen LogP contribution in [0.5, 0.6) is 0 Å². The molecule has 4 nitrogen and oxygen atoms in total. The lowest BCUT2D eigenvalue weighted by atomic mass is 10.3. The number of nitrogens with zero attached hydrogens (tertiary/aromatic N) is 3. The van der Waals surface area contributed by atoms with Crippen molar-refractivity contribution >= 4 is 0 Å². The molecule has 0 bridgehead atoms. The van der Waals surface area contributed by atoms with Crippen LogP contribution in [0.25, 0.3) is 0 Å². The number of hydrogen-bond acceptors (Lipinski definition) is 4. The fraction of sp³-hybridized carbons (Fsp3) is 0.667. The van der Waals surface area contributed by atoms with Gasteiger partial charge in [-0.3, -0.25) is 14.9 Å². The molecule has 0 radical (unpaired) electrons. The molecule has 1 N–H and O–H groups in total. The molecule has 1 aliphatic rings. The van der Waals surface area contributed by atoms with E-state index in [1.807, 2.05) is 6.20 Å². The third-order valence-corrected chi connectivity index (χ3v) is 3.18. The van der Waals surface area contributed by atoms with E-state index >= 15 is 0 Å². The van der Waals surface area contributed by atoms with Crippen molar-refractivity contribution in [3.8, 4) is 0 Å². The minimum atomic E-state index is 0.587. The first-order valence-corrected chi connectivity index (χ1v) is 5.95. The number of likely N-dealkylation sites (N-methyl/N-ethyl adjacent to an activating group) is 1. The highest BCUT2D eigenvalue weighted by Crippen LogP contribution is 2.26. The van der Waals surface area contributed by atoms with Crippen LogP contribution in [0, 0.1) is 0 Å². The van der Waals surface area contributed by atoms with Crippen molar-refractivity contribution in [1.82, 2.24) is 20.2 Å². The van der Waals surface area contributed by atoms with Gasteiger partial charge in [-0.05, 0) is 26.8 Å². The molecule has 1 aliphatic carbocycles. The van der Waals surface area contributed by atoms with Crippen LogP contribution < -0.4 is 5.32 Å². The van der Waals surface area contributed by atoms with Gasteiger partial charge in [0.25, 0.3) is 0 Å². The summed E-state index contributed by atoms with van der Waals surface area (Å²) in [5.74, 6) is 0. The molecule has 1 heterocycles. The van der Waals surface area contributed by atoms with Gasteiger partial charge < -0.3 is 5.32 Å². The second-order valence-electron chi connectivity index (χ2n) is 4.57. The van der Waals surface area contributed by atoms with Gasteiger partial charge in [-0.1, -0.05) is 0 Å². The second kappa shape index (κ2) is 5.37. The van der Waals surface area contributed by atoms with Gasteiger partial charge in [0.15, 0.2) is 0 Å². The molecule has 16 heavy (non-hydrogen) atoms. The fourth-order valence-electron chi connectivity index (χ4n) is 1.82. The maximum absolute atomic E-state index is 4.23. The van der Waals surface area contributed by atoms with Crippen molar-refractivity contribution in [2.24, 2.45) is 0 Å². The lowest BCUT2D eigenvalue weighted by Crippen LogP contribution is -2.39. The molecule has 1 aromatic heterocycles. The predicted octanol–water partition coefficient (Wildman–Crippen LogP) is 1.05. The Hall–Kier alpha value is -1.00. The molecular weight excluding hydrogens is 200 g/mol. The summed E-state index contributed by atoms with van der Waals surface area (Å²) < 4.78 is 0. The maximum Gasteiger partial charge on any atom is 0.0724 e. The van der Waals surface area contributed by atoms with Crippen molar-refractivity contribution < 1.29 is 0 Å². The van der Waals surface area contributed by atoms with Crippen molar-refractivity contribution in [2.45, 2.75) is 38.4 Å². The van der Waals surface area contributed by atoms with E-state index in [-0.39, 0.29) is 0 Å². The summed E-state index contributed by atoms with van der Waals surface area (Å²) in [6.07, 6.45) is 7.97. The van der Waals surface area contributed by atoms with E-state index in [0.717, 1.165) is 24.8 Å². The highest BCUT2D eigenvalue weighted by molar-refractivity contribution is 4.94. The predicted molar refractivity (Wildman–Crippen MR) is 64.0 cm³/mol. The summed E-state index contributed by atoms with van der Waals surface area (Å²) in [4.78, 5) is 10.7. The molecule has 1 fully saturated rings. The largest absolute Gasteiger partial charge is 0.310 e. The van der Waals surface area contributed by atoms with Gasteiger partial charge in [-0.25, -0.2) is 0 Å². The highest BCUT2D eigenvalue weighted by atomic mass is 15.2. The first-order valence-electron chi connectivity index (χ1n) is 5.95. The number of aromatic nitrogens is 2. The van der Waals surface area contributed by atoms with Crippen molar-refractivity contribution in [3.05, 3.63) is 24.3 Å². The summed E-state index contributed by atoms with van der Waals surface area (Å²) in [7, 11) is 2.21. The quantitative estimate of drug-likeness (QED) is 0.778. The van der Waals surface area contributed by atoms with E-state index in [0.29, 0.717) is 6.04 Å². The van der Waals surface area contributed by atoms with Crippen molar-refractivity contribution in [2.75, 3.05) is 13.6 Å². The first-order chi connectivity index (χ1) is 7.77. The first kappa shape index (κ1) is 11.5. The van der Waals surface area contributed by atoms with Gasteiger partial charge in [0, 0.05) is 43.8 Å². The zero-order valence-corrected chi connectivity index (χ0v) is 10.1. The van der Waals surface area contributed by atoms with E-state index in [4.69, 9.17) is 0 Å². The maximum atomic E-state index is 4.23. The van der Waals surface area contributed by atoms with Crippen LogP contribution in [0.15, 0.2) is 18.6 Å². The highest BCUT2D eigenvalue weighted by Gasteiger charge is 2.28. The molecule has 4 heteroatoms. The van der Waals surface area contributed by atoms with Gasteiger partial charge in [0.1, 0.15) is 0 Å². The third kappa shape index (κ3) is 3.25. The Morgan fingerprint density at radius 3 is 2.94 bits per heavy atom. The third-order valence-electron chi connectivity index (χ3n) is 3.18. The zero-order chi connectivity index (χ0) is 11.4. The van der Waals surface area contributed by atoms with Crippen molar-refractivity contribution in [1.29, 1.82) is 0 Å². The number of hydrogen-bond donors (Lipinski definition) is 1. The molecule has 1 aromatic rings. The molecule has 2 rings (SSSR count). The molecule has 0 aliphatic heterocycles. The van der Waals surface area contributed by atoms with Crippen LogP contribution in [-0.4, -0.2) is 40.5 Å². The lowest BCUT2D eigenvalue weighted by molar-refractivity contribution is 0.241. The Labute approximate surface area is 97.1 Å². The molecule has 1 unspecified atom stereocenters. The van der Waals surface area contributed by atoms with E-state index in [2.05, 4.69) is 34.2 Å². The normalized spacial score (nSPS) is 17.7.